The lowest BCUT2D eigenvalue weighted by atomic mass is 10.0. The Hall–Kier alpha value is -2.89. The smallest absolute Gasteiger partial charge is 0.255 e. The average Bonchev–Trinajstić information content (AvgIpc) is 3.27. The van der Waals surface area contributed by atoms with E-state index < -0.39 is 0 Å². The van der Waals surface area contributed by atoms with E-state index in [4.69, 9.17) is 4.52 Å². The fraction of sp³-hybridized carbons (Fsp3) is 0.278. The maximum atomic E-state index is 12.4. The second kappa shape index (κ2) is 5.63. The first-order chi connectivity index (χ1) is 11.6. The summed E-state index contributed by atoms with van der Waals surface area (Å²) in [4.78, 5) is 12.4. The first-order valence-electron chi connectivity index (χ1n) is 7.99. The lowest BCUT2D eigenvalue weighted by Crippen LogP contribution is -2.27. The number of benzene rings is 1. The van der Waals surface area contributed by atoms with E-state index >= 15 is 0 Å². The van der Waals surface area contributed by atoms with Crippen LogP contribution in [0.1, 0.15) is 45.4 Å². The molecule has 1 aliphatic carbocycles. The van der Waals surface area contributed by atoms with Crippen LogP contribution in [0, 0.1) is 13.8 Å². The molecule has 0 radical (unpaired) electrons. The molecule has 24 heavy (non-hydrogen) atoms. The molecule has 2 heterocycles. The van der Waals surface area contributed by atoms with Gasteiger partial charge < -0.3 is 9.84 Å². The predicted molar refractivity (Wildman–Crippen MR) is 88.5 cm³/mol. The molecule has 1 amide bonds. The van der Waals surface area contributed by atoms with Gasteiger partial charge in [-0.3, -0.25) is 9.89 Å². The average molecular weight is 322 g/mol. The molecule has 0 bridgehead atoms. The number of carbonyl (C=O) groups is 1. The summed E-state index contributed by atoms with van der Waals surface area (Å²) < 4.78 is 5.15. The molecule has 3 aromatic rings. The topological polar surface area (TPSA) is 83.8 Å². The van der Waals surface area contributed by atoms with Crippen molar-refractivity contribution >= 4 is 5.91 Å². The van der Waals surface area contributed by atoms with Crippen LogP contribution in [0.2, 0.25) is 0 Å². The van der Waals surface area contributed by atoms with Crippen LogP contribution in [0.5, 0.6) is 0 Å². The zero-order valence-corrected chi connectivity index (χ0v) is 13.6. The predicted octanol–water partition coefficient (Wildman–Crippen LogP) is 3.10. The third-order valence-corrected chi connectivity index (χ3v) is 4.52. The lowest BCUT2D eigenvalue weighted by molar-refractivity contribution is 0.0936. The van der Waals surface area contributed by atoms with Crippen LogP contribution in [0.25, 0.3) is 11.3 Å². The molecule has 122 valence electrons. The first kappa shape index (κ1) is 14.7. The van der Waals surface area contributed by atoms with Crippen molar-refractivity contribution in [2.45, 2.75) is 32.7 Å². The molecule has 4 rings (SSSR count). The molecule has 0 spiro atoms. The van der Waals surface area contributed by atoms with Crippen molar-refractivity contribution in [2.24, 2.45) is 0 Å². The van der Waals surface area contributed by atoms with Crippen molar-refractivity contribution in [3.8, 4) is 11.3 Å². The van der Waals surface area contributed by atoms with Crippen LogP contribution in [0.4, 0.5) is 0 Å². The third-order valence-electron chi connectivity index (χ3n) is 4.52. The molecule has 1 unspecified atom stereocenters. The summed E-state index contributed by atoms with van der Waals surface area (Å²) in [5.41, 5.74) is 5.69. The molecule has 0 saturated heterocycles. The van der Waals surface area contributed by atoms with Crippen LogP contribution >= 0.6 is 0 Å². The molecule has 2 aromatic heterocycles. The Balaban J connectivity index is 1.56. The Morgan fingerprint density at radius 2 is 2.21 bits per heavy atom. The van der Waals surface area contributed by atoms with Crippen LogP contribution in [0.3, 0.4) is 0 Å². The zero-order valence-electron chi connectivity index (χ0n) is 13.6. The molecule has 1 aliphatic rings. The monoisotopic (exact) mass is 322 g/mol. The van der Waals surface area contributed by atoms with Gasteiger partial charge in [0.25, 0.3) is 5.91 Å². The Morgan fingerprint density at radius 1 is 1.33 bits per heavy atom. The summed E-state index contributed by atoms with van der Waals surface area (Å²) in [6, 6.07) is 8.22. The van der Waals surface area contributed by atoms with Crippen molar-refractivity contribution in [3.63, 3.8) is 0 Å². The molecule has 1 atom stereocenters. The van der Waals surface area contributed by atoms with Crippen LogP contribution in [0.15, 0.2) is 35.0 Å². The first-order valence-corrected chi connectivity index (χ1v) is 7.99. The summed E-state index contributed by atoms with van der Waals surface area (Å²) in [7, 11) is 0. The number of nitrogens with one attached hydrogen (secondary N) is 2. The Kier molecular flexibility index (Phi) is 3.45. The van der Waals surface area contributed by atoms with E-state index in [1.165, 1.54) is 11.1 Å². The highest BCUT2D eigenvalue weighted by Gasteiger charge is 2.25. The summed E-state index contributed by atoms with van der Waals surface area (Å²) >= 11 is 0. The Morgan fingerprint density at radius 3 is 2.92 bits per heavy atom. The maximum Gasteiger partial charge on any atom is 0.255 e. The molecular weight excluding hydrogens is 304 g/mol. The summed E-state index contributed by atoms with van der Waals surface area (Å²) in [5, 5.41) is 13.9. The fourth-order valence-electron chi connectivity index (χ4n) is 3.24. The number of rotatable bonds is 3. The highest BCUT2D eigenvalue weighted by Crippen LogP contribution is 2.34. The van der Waals surface area contributed by atoms with Gasteiger partial charge in [-0.25, -0.2) is 0 Å². The summed E-state index contributed by atoms with van der Waals surface area (Å²) in [6.45, 7) is 3.73. The standard InChI is InChI=1S/C18H18N4O2/c1-10-7-17(22-24-10)13-3-5-14-12(8-13)4-6-16(14)20-18(23)15-9-19-21-11(15)2/h3,5,7-9,16H,4,6H2,1-2H3,(H,19,21)(H,20,23). The van der Waals surface area contributed by atoms with Gasteiger partial charge in [0.1, 0.15) is 11.5 Å². The van der Waals surface area contributed by atoms with E-state index in [-0.39, 0.29) is 11.9 Å². The number of H-pyrrole nitrogens is 1. The number of hydrogen-bond donors (Lipinski definition) is 2. The van der Waals surface area contributed by atoms with Crippen molar-refractivity contribution in [2.75, 3.05) is 0 Å². The van der Waals surface area contributed by atoms with Gasteiger partial charge in [0.15, 0.2) is 0 Å². The second-order valence-electron chi connectivity index (χ2n) is 6.21. The number of aromatic amines is 1. The van der Waals surface area contributed by atoms with E-state index in [1.807, 2.05) is 26.0 Å². The Bertz CT molecular complexity index is 909. The van der Waals surface area contributed by atoms with Gasteiger partial charge in [-0.1, -0.05) is 17.3 Å². The molecule has 6 heteroatoms. The summed E-state index contributed by atoms with van der Waals surface area (Å²) in [5.74, 6) is 0.710. The van der Waals surface area contributed by atoms with E-state index in [1.54, 1.807) is 6.20 Å². The third kappa shape index (κ3) is 2.50. The SMILES string of the molecule is Cc1cc(-c2ccc3c(c2)CCC3NC(=O)c2cn[nH]c2C)no1. The quantitative estimate of drug-likeness (QED) is 0.776. The molecule has 0 saturated carbocycles. The van der Waals surface area contributed by atoms with E-state index in [0.717, 1.165) is 35.6 Å². The minimum Gasteiger partial charge on any atom is -0.361 e. The number of hydrogen-bond acceptors (Lipinski definition) is 4. The number of amides is 1. The number of nitrogens with zero attached hydrogens (tertiary/aromatic N) is 2. The van der Waals surface area contributed by atoms with Gasteiger partial charge in [-0.2, -0.15) is 5.10 Å². The van der Waals surface area contributed by atoms with Crippen molar-refractivity contribution < 1.29 is 9.32 Å². The van der Waals surface area contributed by atoms with Crippen LogP contribution in [-0.2, 0) is 6.42 Å². The Labute approximate surface area is 139 Å². The number of aryl methyl sites for hydroxylation is 3. The van der Waals surface area contributed by atoms with E-state index in [0.29, 0.717) is 5.56 Å². The van der Waals surface area contributed by atoms with Gasteiger partial charge in [0.05, 0.1) is 17.8 Å². The minimum atomic E-state index is -0.0877. The number of aromatic nitrogens is 3. The molecule has 0 fully saturated rings. The number of carbonyl (C=O) groups excluding carboxylic acids is 1. The van der Waals surface area contributed by atoms with Gasteiger partial charge in [0, 0.05) is 17.3 Å². The molecular formula is C18H18N4O2. The van der Waals surface area contributed by atoms with Crippen LogP contribution in [-0.4, -0.2) is 21.3 Å². The van der Waals surface area contributed by atoms with Gasteiger partial charge >= 0.3 is 0 Å². The highest BCUT2D eigenvalue weighted by atomic mass is 16.5. The molecule has 6 nitrogen and oxygen atoms in total. The van der Waals surface area contributed by atoms with Crippen LogP contribution < -0.4 is 5.32 Å². The molecule has 2 N–H and O–H groups in total. The zero-order chi connectivity index (χ0) is 16.7. The van der Waals surface area contributed by atoms with E-state index in [2.05, 4.69) is 32.8 Å². The normalized spacial score (nSPS) is 16.2. The van der Waals surface area contributed by atoms with E-state index in [9.17, 15) is 4.79 Å². The lowest BCUT2D eigenvalue weighted by Gasteiger charge is -2.14. The second-order valence-corrected chi connectivity index (χ2v) is 6.21. The minimum absolute atomic E-state index is 0.0369. The van der Waals surface area contributed by atoms with Crippen molar-refractivity contribution in [1.29, 1.82) is 0 Å². The number of fused-ring (bicyclic) bond motifs is 1. The van der Waals surface area contributed by atoms with Gasteiger partial charge in [0.2, 0.25) is 0 Å². The van der Waals surface area contributed by atoms with Gasteiger partial charge in [-0.15, -0.1) is 0 Å². The maximum absolute atomic E-state index is 12.4. The fourth-order valence-corrected chi connectivity index (χ4v) is 3.24. The highest BCUT2D eigenvalue weighted by molar-refractivity contribution is 5.95. The molecule has 0 aliphatic heterocycles. The van der Waals surface area contributed by atoms with Gasteiger partial charge in [-0.05, 0) is 43.9 Å². The van der Waals surface area contributed by atoms with Crippen molar-refractivity contribution in [3.05, 3.63) is 58.6 Å². The van der Waals surface area contributed by atoms with Crippen molar-refractivity contribution in [1.82, 2.24) is 20.7 Å². The largest absolute Gasteiger partial charge is 0.361 e. The molecule has 1 aromatic carbocycles. The summed E-state index contributed by atoms with van der Waals surface area (Å²) in [6.07, 6.45) is 3.41.